The van der Waals surface area contributed by atoms with Crippen LogP contribution in [0.25, 0.3) is 52.2 Å². The highest BCUT2D eigenvalue weighted by Gasteiger charge is 2.44. The van der Waals surface area contributed by atoms with Crippen molar-refractivity contribution in [3.8, 4) is 32.4 Å². The molecule has 0 spiro atoms. The first-order chi connectivity index (χ1) is 21.8. The predicted molar refractivity (Wildman–Crippen MR) is 186 cm³/mol. The second-order valence-electron chi connectivity index (χ2n) is 13.7. The van der Waals surface area contributed by atoms with E-state index in [2.05, 4.69) is 63.8 Å². The third-order valence-corrected chi connectivity index (χ3v) is 13.1. The Morgan fingerprint density at radius 3 is 1.96 bits per heavy atom. The Bertz CT molecular complexity index is 2480. The molecule has 6 aromatic rings. The van der Waals surface area contributed by atoms with Crippen LogP contribution >= 0.6 is 22.7 Å². The molecular weight excluding hydrogens is 620 g/mol. The normalized spacial score (nSPS) is 17.2. The van der Waals surface area contributed by atoms with Gasteiger partial charge >= 0.3 is 6.18 Å². The lowest BCUT2D eigenvalue weighted by molar-refractivity contribution is -0.0698. The Labute approximate surface area is 272 Å². The van der Waals surface area contributed by atoms with Crippen LogP contribution in [-0.2, 0) is 11.0 Å². The van der Waals surface area contributed by atoms with E-state index in [9.17, 15) is 0 Å². The maximum Gasteiger partial charge on any atom is 0.417 e. The number of benzene rings is 4. The van der Waals surface area contributed by atoms with Crippen molar-refractivity contribution < 1.29 is 17.9 Å². The van der Waals surface area contributed by atoms with Crippen molar-refractivity contribution in [2.45, 2.75) is 51.7 Å². The fraction of sp³-hybridized carbons (Fsp3) is 0.231. The molecule has 0 saturated carbocycles. The van der Waals surface area contributed by atoms with Gasteiger partial charge in [-0.15, -0.1) is 22.7 Å². The molecule has 2 aromatic heterocycles. The van der Waals surface area contributed by atoms with Gasteiger partial charge in [-0.05, 0) is 72.7 Å². The van der Waals surface area contributed by atoms with Crippen LogP contribution in [0.4, 0.5) is 18.9 Å². The Morgan fingerprint density at radius 2 is 1.30 bits per heavy atom. The van der Waals surface area contributed by atoms with Crippen molar-refractivity contribution in [3.63, 3.8) is 0 Å². The molecule has 0 N–H and O–H groups in total. The molecule has 0 bridgehead atoms. The number of thiophene rings is 2. The molecule has 0 radical (unpaired) electrons. The number of hydrogen-bond acceptors (Lipinski definition) is 4. The zero-order valence-corrected chi connectivity index (χ0v) is 27.9. The van der Waals surface area contributed by atoms with E-state index < -0.39 is 11.7 Å². The number of ether oxygens (including phenoxy) is 1. The number of nitrogens with zero attached hydrogens (tertiary/aromatic N) is 1. The average Bonchev–Trinajstić information content (AvgIpc) is 3.60. The van der Waals surface area contributed by atoms with Crippen molar-refractivity contribution in [1.29, 1.82) is 0 Å². The molecule has 230 valence electrons. The number of anilines is 1. The summed E-state index contributed by atoms with van der Waals surface area (Å²) in [6.07, 6.45) is -4.60. The lowest BCUT2D eigenvalue weighted by atomic mass is 9.71. The van der Waals surface area contributed by atoms with Crippen molar-refractivity contribution in [3.05, 3.63) is 99.9 Å². The van der Waals surface area contributed by atoms with Gasteiger partial charge in [0.15, 0.2) is 0 Å². The number of fused-ring (bicyclic) bond motifs is 12. The van der Waals surface area contributed by atoms with Gasteiger partial charge < -0.3 is 9.64 Å². The van der Waals surface area contributed by atoms with Crippen molar-refractivity contribution in [2.24, 2.45) is 0 Å². The molecule has 3 aliphatic rings. The lowest BCUT2D eigenvalue weighted by Gasteiger charge is -2.43. The second-order valence-corrected chi connectivity index (χ2v) is 15.8. The molecular formula is C39H30F3NOS2. The highest BCUT2D eigenvalue weighted by Crippen LogP contribution is 2.56. The second kappa shape index (κ2) is 8.84. The molecule has 0 atom stereocenters. The quantitative estimate of drug-likeness (QED) is 0.162. The van der Waals surface area contributed by atoms with E-state index in [0.29, 0.717) is 0 Å². The first-order valence-corrected chi connectivity index (χ1v) is 17.0. The number of rotatable bonds is 0. The van der Waals surface area contributed by atoms with Gasteiger partial charge in [-0.25, -0.2) is 0 Å². The molecule has 4 heterocycles. The van der Waals surface area contributed by atoms with Gasteiger partial charge in [0.05, 0.1) is 11.1 Å². The molecule has 1 aliphatic carbocycles. The van der Waals surface area contributed by atoms with Crippen molar-refractivity contribution in [2.75, 3.05) is 11.9 Å². The largest absolute Gasteiger partial charge is 0.456 e. The molecule has 2 nitrogen and oxygen atoms in total. The van der Waals surface area contributed by atoms with Gasteiger partial charge in [0.2, 0.25) is 0 Å². The van der Waals surface area contributed by atoms with Crippen LogP contribution in [0.1, 0.15) is 51.3 Å². The summed E-state index contributed by atoms with van der Waals surface area (Å²) >= 11 is 3.30. The maximum atomic E-state index is 15.4. The average molecular weight is 650 g/mol. The standard InChI is InChI=1S/C39H30F3NOS2/c1-19-22-17-28-25(15-23(22)35-33(37(19,2)3)20-11-7-9-13-30(20)45-35)32(39(40,41)42)26-16-24-27(18-29(26)44-28)43(6)38(4,5)34-21-12-8-10-14-31(21)46-36(24)34/h7-18H,1-6H3. The summed E-state index contributed by atoms with van der Waals surface area (Å²) < 4.78 is 54.9. The minimum atomic E-state index is -4.60. The summed E-state index contributed by atoms with van der Waals surface area (Å²) in [7, 11) is 2.02. The highest BCUT2D eigenvalue weighted by atomic mass is 32.1. The van der Waals surface area contributed by atoms with E-state index in [4.69, 9.17) is 4.74 Å². The summed E-state index contributed by atoms with van der Waals surface area (Å²) in [6, 6.07) is 23.6. The van der Waals surface area contributed by atoms with Crippen LogP contribution in [0.2, 0.25) is 0 Å². The maximum absolute atomic E-state index is 15.4. The van der Waals surface area contributed by atoms with E-state index in [0.717, 1.165) is 63.1 Å². The fourth-order valence-electron chi connectivity index (χ4n) is 7.93. The molecule has 0 amide bonds. The van der Waals surface area contributed by atoms with E-state index >= 15 is 13.2 Å². The van der Waals surface area contributed by atoms with Gasteiger partial charge in [0, 0.05) is 70.8 Å². The van der Waals surface area contributed by atoms with Crippen LogP contribution in [-0.4, -0.2) is 13.2 Å². The molecule has 2 aliphatic heterocycles. The third kappa shape index (κ3) is 3.48. The number of alkyl halides is 3. The summed E-state index contributed by atoms with van der Waals surface area (Å²) in [5, 5.41) is 3.34. The number of halogens is 3. The van der Waals surface area contributed by atoms with Crippen LogP contribution in [0.3, 0.4) is 0 Å². The molecule has 0 fully saturated rings. The Kier molecular flexibility index (Phi) is 5.41. The summed E-state index contributed by atoms with van der Waals surface area (Å²) in [5.41, 5.74) is 4.73. The Balaban J connectivity index is 1.38. The molecule has 9 rings (SSSR count). The molecule has 0 saturated heterocycles. The monoisotopic (exact) mass is 649 g/mol. The van der Waals surface area contributed by atoms with Gasteiger partial charge in [0.1, 0.15) is 11.5 Å². The van der Waals surface area contributed by atoms with Crippen molar-refractivity contribution in [1.82, 2.24) is 0 Å². The zero-order valence-electron chi connectivity index (χ0n) is 26.2. The van der Waals surface area contributed by atoms with Crippen LogP contribution < -0.4 is 20.1 Å². The van der Waals surface area contributed by atoms with E-state index in [1.807, 2.05) is 43.4 Å². The topological polar surface area (TPSA) is 12.5 Å². The van der Waals surface area contributed by atoms with Crippen LogP contribution in [0.15, 0.2) is 72.8 Å². The van der Waals surface area contributed by atoms with Crippen LogP contribution in [0, 0.1) is 0 Å². The molecule has 7 heteroatoms. The molecule has 46 heavy (non-hydrogen) atoms. The van der Waals surface area contributed by atoms with Gasteiger partial charge in [-0.1, -0.05) is 55.8 Å². The van der Waals surface area contributed by atoms with Gasteiger partial charge in [-0.3, -0.25) is 0 Å². The number of hydrogen-bond donors (Lipinski definition) is 0. The van der Waals surface area contributed by atoms with E-state index in [-0.39, 0.29) is 33.2 Å². The first kappa shape index (κ1) is 28.2. The predicted octanol–water partition coefficient (Wildman–Crippen LogP) is 10.5. The molecule has 4 aromatic carbocycles. The lowest BCUT2D eigenvalue weighted by Crippen LogP contribution is -2.41. The van der Waals surface area contributed by atoms with Crippen LogP contribution in [0.5, 0.6) is 11.5 Å². The minimum Gasteiger partial charge on any atom is -0.456 e. The summed E-state index contributed by atoms with van der Waals surface area (Å²) in [6.45, 7) is 10.9. The van der Waals surface area contributed by atoms with E-state index in [1.54, 1.807) is 34.8 Å². The summed E-state index contributed by atoms with van der Waals surface area (Å²) in [5.74, 6) is 0.486. The summed E-state index contributed by atoms with van der Waals surface area (Å²) in [4.78, 5) is 4.22. The van der Waals surface area contributed by atoms with Gasteiger partial charge in [0.25, 0.3) is 0 Å². The Hall–Kier alpha value is -4.07. The van der Waals surface area contributed by atoms with Crippen molar-refractivity contribution >= 4 is 59.7 Å². The zero-order chi connectivity index (χ0) is 32.1. The van der Waals surface area contributed by atoms with E-state index in [1.165, 1.54) is 5.56 Å². The minimum absolute atomic E-state index is 0.0867. The fourth-order valence-corrected chi connectivity index (χ4v) is 10.7. The molecule has 0 unspecified atom stereocenters. The SMILES string of the molecule is CC1=c2cc3c(cc2-c2sc4ccccc4c2C1(C)C)=C(C(F)(F)F)c1cc2c(cc1O3)N(C)C(C)(C)c1c-2sc2ccccc12. The third-order valence-electron chi connectivity index (χ3n) is 10.7. The first-order valence-electron chi connectivity index (χ1n) is 15.4. The highest BCUT2D eigenvalue weighted by molar-refractivity contribution is 7.23. The Morgan fingerprint density at radius 1 is 0.696 bits per heavy atom. The van der Waals surface area contributed by atoms with Gasteiger partial charge in [-0.2, -0.15) is 13.2 Å². The smallest absolute Gasteiger partial charge is 0.417 e.